The van der Waals surface area contributed by atoms with E-state index in [9.17, 15) is 0 Å². The van der Waals surface area contributed by atoms with Gasteiger partial charge in [-0.15, -0.1) is 0 Å². The minimum absolute atomic E-state index is 0.602. The van der Waals surface area contributed by atoms with Crippen LogP contribution in [-0.2, 0) is 17.8 Å². The molecule has 0 bridgehead atoms. The first kappa shape index (κ1) is 12.7. The molecule has 2 N–H and O–H groups in total. The lowest BCUT2D eigenvalue weighted by Crippen LogP contribution is -2.38. The van der Waals surface area contributed by atoms with Crippen LogP contribution >= 0.6 is 0 Å². The fourth-order valence-corrected chi connectivity index (χ4v) is 2.63. The summed E-state index contributed by atoms with van der Waals surface area (Å²) in [7, 11) is 0. The van der Waals surface area contributed by atoms with Crippen LogP contribution in [0.1, 0.15) is 5.56 Å². The van der Waals surface area contributed by atoms with Gasteiger partial charge in [-0.1, -0.05) is 12.1 Å². The number of fused-ring (bicyclic) bond motifs is 1. The summed E-state index contributed by atoms with van der Waals surface area (Å²) in [5.74, 6) is 0. The Bertz CT molecular complexity index is 543. The van der Waals surface area contributed by atoms with E-state index in [-0.39, 0.29) is 0 Å². The van der Waals surface area contributed by atoms with E-state index in [1.807, 2.05) is 0 Å². The number of nitrogens with two attached hydrogens (primary N) is 1. The largest absolute Gasteiger partial charge is 0.379 e. The van der Waals surface area contributed by atoms with Gasteiger partial charge in [0.2, 0.25) is 0 Å². The van der Waals surface area contributed by atoms with Crippen molar-refractivity contribution in [1.29, 1.82) is 0 Å². The van der Waals surface area contributed by atoms with Crippen LogP contribution in [0.4, 0.5) is 0 Å². The minimum atomic E-state index is 0.602. The lowest BCUT2D eigenvalue weighted by Gasteiger charge is -2.26. The quantitative estimate of drug-likeness (QED) is 0.903. The summed E-state index contributed by atoms with van der Waals surface area (Å²) in [6.45, 7) is 6.54. The highest BCUT2D eigenvalue weighted by Gasteiger charge is 2.10. The second-order valence-electron chi connectivity index (χ2n) is 5.06. The SMILES string of the molecule is NCc1ccc2ccn(CCN3CCOCC3)c2c1. The first-order valence-electron chi connectivity index (χ1n) is 6.95. The number of ether oxygens (including phenoxy) is 1. The van der Waals surface area contributed by atoms with Crippen LogP contribution in [0.5, 0.6) is 0 Å². The molecule has 0 radical (unpaired) electrons. The Hall–Kier alpha value is -1.36. The Balaban J connectivity index is 1.72. The molecule has 1 aliphatic heterocycles. The van der Waals surface area contributed by atoms with Gasteiger partial charge in [0.25, 0.3) is 0 Å². The molecule has 2 aromatic rings. The molecule has 4 heteroatoms. The van der Waals surface area contributed by atoms with Gasteiger partial charge >= 0.3 is 0 Å². The summed E-state index contributed by atoms with van der Waals surface area (Å²) < 4.78 is 7.70. The zero-order chi connectivity index (χ0) is 13.1. The first-order valence-corrected chi connectivity index (χ1v) is 6.95. The molecule has 0 aliphatic carbocycles. The lowest BCUT2D eigenvalue weighted by molar-refractivity contribution is 0.0365. The number of morpholine rings is 1. The van der Waals surface area contributed by atoms with E-state index in [1.54, 1.807) is 0 Å². The molecule has 0 amide bonds. The third-order valence-corrected chi connectivity index (χ3v) is 3.83. The molecule has 4 nitrogen and oxygen atoms in total. The highest BCUT2D eigenvalue weighted by atomic mass is 16.5. The fourth-order valence-electron chi connectivity index (χ4n) is 2.63. The number of rotatable bonds is 4. The van der Waals surface area contributed by atoms with Crippen LogP contribution in [0.2, 0.25) is 0 Å². The molecule has 19 heavy (non-hydrogen) atoms. The van der Waals surface area contributed by atoms with E-state index in [2.05, 4.69) is 39.9 Å². The number of benzene rings is 1. The summed E-state index contributed by atoms with van der Waals surface area (Å²) in [6, 6.07) is 8.64. The third kappa shape index (κ3) is 2.81. The molecule has 3 rings (SSSR count). The number of aromatic nitrogens is 1. The van der Waals surface area contributed by atoms with E-state index in [0.717, 1.165) is 39.4 Å². The van der Waals surface area contributed by atoms with Gasteiger partial charge < -0.3 is 15.0 Å². The normalized spacial score (nSPS) is 17.1. The summed E-state index contributed by atoms with van der Waals surface area (Å²) in [6.07, 6.45) is 2.17. The number of hydrogen-bond acceptors (Lipinski definition) is 3. The third-order valence-electron chi connectivity index (χ3n) is 3.83. The second-order valence-corrected chi connectivity index (χ2v) is 5.06. The maximum absolute atomic E-state index is 5.72. The Morgan fingerprint density at radius 2 is 1.95 bits per heavy atom. The standard InChI is InChI=1S/C15H21N3O/c16-12-13-1-2-14-3-4-18(15(14)11-13)6-5-17-7-9-19-10-8-17/h1-4,11H,5-10,12,16H2. The molecule has 0 atom stereocenters. The van der Waals surface area contributed by atoms with Gasteiger partial charge in [-0.2, -0.15) is 0 Å². The monoisotopic (exact) mass is 259 g/mol. The van der Waals surface area contributed by atoms with Crippen molar-refractivity contribution in [3.05, 3.63) is 36.0 Å². The molecule has 1 aromatic heterocycles. The van der Waals surface area contributed by atoms with Crippen molar-refractivity contribution >= 4 is 10.9 Å². The topological polar surface area (TPSA) is 43.4 Å². The van der Waals surface area contributed by atoms with Crippen molar-refractivity contribution < 1.29 is 4.74 Å². The highest BCUT2D eigenvalue weighted by Crippen LogP contribution is 2.17. The maximum atomic E-state index is 5.72. The van der Waals surface area contributed by atoms with Gasteiger partial charge in [-0.3, -0.25) is 4.90 Å². The van der Waals surface area contributed by atoms with E-state index in [1.165, 1.54) is 16.5 Å². The first-order chi connectivity index (χ1) is 9.36. The number of nitrogens with zero attached hydrogens (tertiary/aromatic N) is 2. The summed E-state index contributed by atoms with van der Waals surface area (Å²) in [5.41, 5.74) is 8.20. The molecule has 0 spiro atoms. The van der Waals surface area contributed by atoms with Crippen molar-refractivity contribution in [3.8, 4) is 0 Å². The van der Waals surface area contributed by atoms with Crippen LogP contribution in [0, 0.1) is 0 Å². The smallest absolute Gasteiger partial charge is 0.0594 e. The zero-order valence-corrected chi connectivity index (χ0v) is 11.2. The molecule has 0 saturated carbocycles. The van der Waals surface area contributed by atoms with Crippen LogP contribution in [0.25, 0.3) is 10.9 Å². The molecule has 1 fully saturated rings. The van der Waals surface area contributed by atoms with Gasteiger partial charge in [0.1, 0.15) is 0 Å². The van der Waals surface area contributed by atoms with Gasteiger partial charge in [0.15, 0.2) is 0 Å². The predicted molar refractivity (Wildman–Crippen MR) is 77.1 cm³/mol. The molecule has 0 unspecified atom stereocenters. The van der Waals surface area contributed by atoms with Gasteiger partial charge in [0, 0.05) is 44.4 Å². The van der Waals surface area contributed by atoms with E-state index in [0.29, 0.717) is 6.54 Å². The fraction of sp³-hybridized carbons (Fsp3) is 0.467. The molecular weight excluding hydrogens is 238 g/mol. The Kier molecular flexibility index (Phi) is 3.82. The van der Waals surface area contributed by atoms with Crippen LogP contribution in [0.15, 0.2) is 30.5 Å². The van der Waals surface area contributed by atoms with Gasteiger partial charge in [-0.05, 0) is 23.1 Å². The van der Waals surface area contributed by atoms with Gasteiger partial charge in [-0.25, -0.2) is 0 Å². The Morgan fingerprint density at radius 3 is 2.74 bits per heavy atom. The molecule has 1 aromatic carbocycles. The van der Waals surface area contributed by atoms with Crippen molar-refractivity contribution in [2.45, 2.75) is 13.1 Å². The van der Waals surface area contributed by atoms with Crippen molar-refractivity contribution in [3.63, 3.8) is 0 Å². The lowest BCUT2D eigenvalue weighted by atomic mass is 10.1. The average molecular weight is 259 g/mol. The number of hydrogen-bond donors (Lipinski definition) is 1. The van der Waals surface area contributed by atoms with Crippen molar-refractivity contribution in [2.75, 3.05) is 32.8 Å². The summed E-state index contributed by atoms with van der Waals surface area (Å²) in [4.78, 5) is 2.46. The van der Waals surface area contributed by atoms with Crippen LogP contribution in [-0.4, -0.2) is 42.3 Å². The maximum Gasteiger partial charge on any atom is 0.0594 e. The Morgan fingerprint density at radius 1 is 1.11 bits per heavy atom. The van der Waals surface area contributed by atoms with E-state index in [4.69, 9.17) is 10.5 Å². The highest BCUT2D eigenvalue weighted by molar-refractivity contribution is 5.80. The van der Waals surface area contributed by atoms with E-state index >= 15 is 0 Å². The molecule has 102 valence electrons. The minimum Gasteiger partial charge on any atom is -0.379 e. The summed E-state index contributed by atoms with van der Waals surface area (Å²) >= 11 is 0. The zero-order valence-electron chi connectivity index (χ0n) is 11.2. The van der Waals surface area contributed by atoms with Crippen LogP contribution in [0.3, 0.4) is 0 Å². The van der Waals surface area contributed by atoms with Crippen molar-refractivity contribution in [2.24, 2.45) is 5.73 Å². The molecule has 1 aliphatic rings. The van der Waals surface area contributed by atoms with Crippen molar-refractivity contribution in [1.82, 2.24) is 9.47 Å². The predicted octanol–water partition coefficient (Wildman–Crippen LogP) is 1.43. The second kappa shape index (κ2) is 5.74. The Labute approximate surface area is 113 Å². The average Bonchev–Trinajstić information content (AvgIpc) is 2.88. The van der Waals surface area contributed by atoms with Crippen LogP contribution < -0.4 is 5.73 Å². The summed E-state index contributed by atoms with van der Waals surface area (Å²) in [5, 5.41) is 1.29. The molecule has 1 saturated heterocycles. The molecular formula is C15H21N3O. The molecule has 2 heterocycles. The van der Waals surface area contributed by atoms with E-state index < -0.39 is 0 Å². The van der Waals surface area contributed by atoms with Gasteiger partial charge in [0.05, 0.1) is 13.2 Å².